The standard InChI is InChI=1S/C24H32F5N5O4/c1-12(2)8-17(33-22(38)24(27,28)29)21(37)34-15-5-6-16(23(25,26)10-15)18(34)20(36)32-14(11-30)9-13-4-3-7-31-19(13)35/h12-18H,3-10H2,1-2H3,(H,31,35)(H,32,36)(H,33,38)/t13-,14-,15+,16+,17-,18-/m1/s1. The Hall–Kier alpha value is -2.98. The molecule has 1 saturated carbocycles. The van der Waals surface area contributed by atoms with Gasteiger partial charge in [0.15, 0.2) is 0 Å². The zero-order valence-corrected chi connectivity index (χ0v) is 21.1. The van der Waals surface area contributed by atoms with Crippen LogP contribution in [0.3, 0.4) is 0 Å². The SMILES string of the molecule is CC(C)C[C@@H](NC(=O)C(F)(F)F)C(=O)N1[C@H]2CC[C@@H]([C@@H]1C(=O)N[C@@H](C#N)C[C@H]1CCCNC1=O)C(F)(F)C2. The summed E-state index contributed by atoms with van der Waals surface area (Å²) in [4.78, 5) is 51.5. The molecule has 4 fully saturated rings. The van der Waals surface area contributed by atoms with Crippen LogP contribution in [0.15, 0.2) is 0 Å². The molecule has 3 aliphatic heterocycles. The minimum atomic E-state index is -5.27. The third-order valence-corrected chi connectivity index (χ3v) is 7.42. The number of alkyl halides is 5. The highest BCUT2D eigenvalue weighted by molar-refractivity contribution is 5.94. The summed E-state index contributed by atoms with van der Waals surface area (Å²) in [6.45, 7) is 3.71. The van der Waals surface area contributed by atoms with Crippen LogP contribution < -0.4 is 16.0 Å². The molecule has 0 spiro atoms. The highest BCUT2D eigenvalue weighted by atomic mass is 19.4. The summed E-state index contributed by atoms with van der Waals surface area (Å²) in [5.41, 5.74) is 0. The number of carbonyl (C=O) groups excluding carboxylic acids is 4. The van der Waals surface area contributed by atoms with Gasteiger partial charge in [-0.25, -0.2) is 8.78 Å². The average Bonchev–Trinajstić information content (AvgIpc) is 2.82. The van der Waals surface area contributed by atoms with Gasteiger partial charge in [-0.05, 0) is 44.4 Å². The van der Waals surface area contributed by atoms with Crippen molar-refractivity contribution in [2.24, 2.45) is 17.8 Å². The van der Waals surface area contributed by atoms with Crippen molar-refractivity contribution in [3.05, 3.63) is 0 Å². The molecule has 38 heavy (non-hydrogen) atoms. The van der Waals surface area contributed by atoms with Gasteiger partial charge in [-0.3, -0.25) is 19.2 Å². The second-order valence-corrected chi connectivity index (χ2v) is 10.7. The zero-order valence-electron chi connectivity index (χ0n) is 21.1. The Morgan fingerprint density at radius 3 is 2.42 bits per heavy atom. The fraction of sp³-hybridized carbons (Fsp3) is 0.792. The molecular weight excluding hydrogens is 517 g/mol. The normalized spacial score (nSPS) is 28.2. The minimum absolute atomic E-state index is 0.0587. The molecule has 4 amide bonds. The molecule has 1 aliphatic carbocycles. The number of nitrogens with one attached hydrogen (secondary N) is 3. The molecule has 0 aromatic heterocycles. The lowest BCUT2D eigenvalue weighted by molar-refractivity contribution is -0.196. The van der Waals surface area contributed by atoms with Gasteiger partial charge in [0.1, 0.15) is 18.1 Å². The summed E-state index contributed by atoms with van der Waals surface area (Å²) in [6, 6.07) is -3.93. The predicted octanol–water partition coefficient (Wildman–Crippen LogP) is 2.02. The summed E-state index contributed by atoms with van der Waals surface area (Å²) in [6.07, 6.45) is -5.15. The molecule has 0 radical (unpaired) electrons. The molecule has 2 bridgehead atoms. The number of hydrogen-bond donors (Lipinski definition) is 3. The molecule has 3 saturated heterocycles. The summed E-state index contributed by atoms with van der Waals surface area (Å²) in [5, 5.41) is 16.3. The first-order chi connectivity index (χ1) is 17.7. The number of halogens is 5. The maximum Gasteiger partial charge on any atom is 0.471 e. The average molecular weight is 550 g/mol. The minimum Gasteiger partial charge on any atom is -0.356 e. The van der Waals surface area contributed by atoms with Crippen molar-refractivity contribution in [1.82, 2.24) is 20.9 Å². The second kappa shape index (κ2) is 11.4. The van der Waals surface area contributed by atoms with Crippen molar-refractivity contribution >= 4 is 23.6 Å². The first kappa shape index (κ1) is 29.6. The van der Waals surface area contributed by atoms with E-state index in [4.69, 9.17) is 0 Å². The largest absolute Gasteiger partial charge is 0.471 e. The first-order valence-corrected chi connectivity index (χ1v) is 12.7. The van der Waals surface area contributed by atoms with Crippen molar-refractivity contribution in [2.45, 2.75) is 95.1 Å². The van der Waals surface area contributed by atoms with E-state index in [1.165, 1.54) is 0 Å². The summed E-state index contributed by atoms with van der Waals surface area (Å²) in [7, 11) is 0. The monoisotopic (exact) mass is 549 g/mol. The number of rotatable bonds is 8. The van der Waals surface area contributed by atoms with Crippen molar-refractivity contribution in [1.29, 1.82) is 5.26 Å². The lowest BCUT2D eigenvalue weighted by Gasteiger charge is -2.54. The molecule has 3 heterocycles. The summed E-state index contributed by atoms with van der Waals surface area (Å²) < 4.78 is 68.7. The van der Waals surface area contributed by atoms with Crippen LogP contribution in [0, 0.1) is 29.1 Å². The van der Waals surface area contributed by atoms with Crippen molar-refractivity contribution in [2.75, 3.05) is 6.54 Å². The number of nitrogens with zero attached hydrogens (tertiary/aromatic N) is 2. The quantitative estimate of drug-likeness (QED) is 0.399. The maximum atomic E-state index is 14.9. The van der Waals surface area contributed by atoms with Crippen LogP contribution in [-0.2, 0) is 19.2 Å². The van der Waals surface area contributed by atoms with Gasteiger partial charge in [0, 0.05) is 24.9 Å². The third-order valence-electron chi connectivity index (χ3n) is 7.42. The van der Waals surface area contributed by atoms with Gasteiger partial charge in [0.05, 0.1) is 12.0 Å². The van der Waals surface area contributed by atoms with Crippen molar-refractivity contribution in [3.8, 4) is 6.07 Å². The van der Waals surface area contributed by atoms with Crippen LogP contribution >= 0.6 is 0 Å². The Labute approximate surface area is 216 Å². The lowest BCUT2D eigenvalue weighted by Crippen LogP contribution is -2.71. The molecule has 0 aromatic rings. The Morgan fingerprint density at radius 1 is 1.18 bits per heavy atom. The lowest BCUT2D eigenvalue weighted by atomic mass is 9.71. The zero-order chi connectivity index (χ0) is 28.4. The van der Waals surface area contributed by atoms with Gasteiger partial charge in [-0.2, -0.15) is 18.4 Å². The first-order valence-electron chi connectivity index (χ1n) is 12.7. The van der Waals surface area contributed by atoms with Gasteiger partial charge >= 0.3 is 12.1 Å². The Kier molecular flexibility index (Phi) is 8.88. The molecular formula is C24H32F5N5O4. The fourth-order valence-corrected chi connectivity index (χ4v) is 5.68. The highest BCUT2D eigenvalue weighted by Gasteiger charge is 2.61. The van der Waals surface area contributed by atoms with Crippen molar-refractivity contribution in [3.63, 3.8) is 0 Å². The smallest absolute Gasteiger partial charge is 0.356 e. The molecule has 0 aromatic carbocycles. The Bertz CT molecular complexity index is 982. The number of fused-ring (bicyclic) bond motifs is 3. The number of amides is 4. The van der Waals surface area contributed by atoms with Gasteiger partial charge in [0.25, 0.3) is 5.92 Å². The van der Waals surface area contributed by atoms with Crippen molar-refractivity contribution < 1.29 is 41.1 Å². The number of piperidine rings is 3. The molecule has 14 heteroatoms. The van der Waals surface area contributed by atoms with Crippen LogP contribution in [0.4, 0.5) is 22.0 Å². The predicted molar refractivity (Wildman–Crippen MR) is 122 cm³/mol. The number of nitriles is 1. The van der Waals surface area contributed by atoms with E-state index in [2.05, 4.69) is 10.6 Å². The van der Waals surface area contributed by atoms with Crippen LogP contribution in [0.2, 0.25) is 0 Å². The van der Waals surface area contributed by atoms with Gasteiger partial charge in [-0.1, -0.05) is 13.8 Å². The van der Waals surface area contributed by atoms with E-state index in [1.807, 2.05) is 6.07 Å². The molecule has 3 N–H and O–H groups in total. The van der Waals surface area contributed by atoms with Crippen LogP contribution in [0.5, 0.6) is 0 Å². The van der Waals surface area contributed by atoms with E-state index < -0.39 is 72.2 Å². The molecule has 0 unspecified atom stereocenters. The van der Waals surface area contributed by atoms with Gasteiger partial charge in [0.2, 0.25) is 17.7 Å². The third kappa shape index (κ3) is 6.53. The molecule has 6 atom stereocenters. The second-order valence-electron chi connectivity index (χ2n) is 10.7. The molecule has 4 aliphatic rings. The van der Waals surface area contributed by atoms with Gasteiger partial charge < -0.3 is 20.9 Å². The van der Waals surface area contributed by atoms with E-state index in [0.717, 1.165) is 4.90 Å². The number of hydrogen-bond acceptors (Lipinski definition) is 5. The van der Waals surface area contributed by atoms with E-state index >= 15 is 0 Å². The molecule has 9 nitrogen and oxygen atoms in total. The Balaban J connectivity index is 1.87. The van der Waals surface area contributed by atoms with E-state index in [1.54, 1.807) is 19.2 Å². The van der Waals surface area contributed by atoms with Gasteiger partial charge in [-0.15, -0.1) is 0 Å². The Morgan fingerprint density at radius 2 is 1.87 bits per heavy atom. The van der Waals surface area contributed by atoms with E-state index in [0.29, 0.717) is 19.4 Å². The number of carbonyl (C=O) groups is 4. The van der Waals surface area contributed by atoms with E-state index in [-0.39, 0.29) is 37.5 Å². The van der Waals surface area contributed by atoms with E-state index in [9.17, 15) is 46.4 Å². The van der Waals surface area contributed by atoms with Crippen LogP contribution in [0.1, 0.15) is 58.8 Å². The van der Waals surface area contributed by atoms with Crippen LogP contribution in [-0.4, -0.2) is 71.3 Å². The van der Waals surface area contributed by atoms with Crippen LogP contribution in [0.25, 0.3) is 0 Å². The summed E-state index contributed by atoms with van der Waals surface area (Å²) in [5.74, 6) is -10.6. The topological polar surface area (TPSA) is 131 Å². The molecule has 212 valence electrons. The fourth-order valence-electron chi connectivity index (χ4n) is 5.68. The molecule has 4 rings (SSSR count). The summed E-state index contributed by atoms with van der Waals surface area (Å²) >= 11 is 0. The highest BCUT2D eigenvalue weighted by Crippen LogP contribution is 2.49. The maximum absolute atomic E-state index is 14.9.